The molecule has 0 aliphatic rings. The fourth-order valence-corrected chi connectivity index (χ4v) is 2.09. The Morgan fingerprint density at radius 3 is 2.61 bits per heavy atom. The number of halogens is 1. The van der Waals surface area contributed by atoms with E-state index in [-0.39, 0.29) is 11.5 Å². The molecule has 3 nitrogen and oxygen atoms in total. The molecule has 0 saturated carbocycles. The molecule has 0 amide bonds. The molecular formula is C14H11FN2O. The number of hydrogen-bond donors (Lipinski definition) is 1. The van der Waals surface area contributed by atoms with Gasteiger partial charge in [0.15, 0.2) is 0 Å². The molecular weight excluding hydrogens is 231 g/mol. The van der Waals surface area contributed by atoms with Gasteiger partial charge >= 0.3 is 5.69 Å². The van der Waals surface area contributed by atoms with Crippen LogP contribution in [0.1, 0.15) is 5.56 Å². The van der Waals surface area contributed by atoms with Gasteiger partial charge in [-0.25, -0.2) is 9.18 Å². The van der Waals surface area contributed by atoms with E-state index in [2.05, 4.69) is 4.98 Å². The number of aromatic nitrogens is 2. The number of aromatic amines is 1. The summed E-state index contributed by atoms with van der Waals surface area (Å²) in [6.07, 6.45) is 0. The highest BCUT2D eigenvalue weighted by Crippen LogP contribution is 2.15. The Morgan fingerprint density at radius 1 is 1.06 bits per heavy atom. The highest BCUT2D eigenvalue weighted by molar-refractivity contribution is 5.75. The Bertz CT molecular complexity index is 743. The highest BCUT2D eigenvalue weighted by Gasteiger charge is 2.10. The molecule has 0 saturated heterocycles. The van der Waals surface area contributed by atoms with Crippen molar-refractivity contribution in [2.24, 2.45) is 0 Å². The quantitative estimate of drug-likeness (QED) is 0.736. The van der Waals surface area contributed by atoms with Crippen LogP contribution in [0.25, 0.3) is 11.0 Å². The summed E-state index contributed by atoms with van der Waals surface area (Å²) in [6.45, 7) is 0.362. The van der Waals surface area contributed by atoms with Gasteiger partial charge in [-0.3, -0.25) is 4.57 Å². The molecule has 1 N–H and O–H groups in total. The molecule has 1 heterocycles. The largest absolute Gasteiger partial charge is 0.326 e. The predicted molar refractivity (Wildman–Crippen MR) is 68.1 cm³/mol. The Kier molecular flexibility index (Phi) is 2.48. The third-order valence-electron chi connectivity index (χ3n) is 2.93. The van der Waals surface area contributed by atoms with Crippen molar-refractivity contribution < 1.29 is 4.39 Å². The van der Waals surface area contributed by atoms with Crippen LogP contribution >= 0.6 is 0 Å². The standard InChI is InChI=1S/C14H11FN2O/c15-11-7-4-8-12-13(11)17(14(18)16-12)9-10-5-2-1-3-6-10/h1-8H,9H2,(H,16,18). The normalized spacial score (nSPS) is 10.9. The number of H-pyrrole nitrogens is 1. The zero-order valence-corrected chi connectivity index (χ0v) is 9.56. The van der Waals surface area contributed by atoms with E-state index in [0.29, 0.717) is 17.6 Å². The zero-order chi connectivity index (χ0) is 12.5. The van der Waals surface area contributed by atoms with Crippen molar-refractivity contribution in [1.82, 2.24) is 9.55 Å². The first kappa shape index (κ1) is 10.8. The van der Waals surface area contributed by atoms with E-state index in [4.69, 9.17) is 0 Å². The van der Waals surface area contributed by atoms with E-state index in [1.54, 1.807) is 12.1 Å². The minimum absolute atomic E-state index is 0.293. The van der Waals surface area contributed by atoms with Crippen molar-refractivity contribution in [2.45, 2.75) is 6.54 Å². The third-order valence-corrected chi connectivity index (χ3v) is 2.93. The zero-order valence-electron chi connectivity index (χ0n) is 9.56. The van der Waals surface area contributed by atoms with E-state index in [9.17, 15) is 9.18 Å². The van der Waals surface area contributed by atoms with Crippen molar-refractivity contribution in [3.8, 4) is 0 Å². The second kappa shape index (κ2) is 4.14. The molecule has 0 fully saturated rings. The molecule has 0 radical (unpaired) electrons. The van der Waals surface area contributed by atoms with E-state index < -0.39 is 0 Å². The van der Waals surface area contributed by atoms with Crippen molar-refractivity contribution in [2.75, 3.05) is 0 Å². The molecule has 1 aromatic heterocycles. The molecule has 4 heteroatoms. The molecule has 0 aliphatic heterocycles. The van der Waals surface area contributed by atoms with Crippen molar-refractivity contribution >= 4 is 11.0 Å². The first-order valence-corrected chi connectivity index (χ1v) is 5.66. The van der Waals surface area contributed by atoms with Crippen molar-refractivity contribution in [3.05, 3.63) is 70.4 Å². The molecule has 90 valence electrons. The average molecular weight is 242 g/mol. The van der Waals surface area contributed by atoms with E-state index >= 15 is 0 Å². The Hall–Kier alpha value is -2.36. The van der Waals surface area contributed by atoms with Crippen LogP contribution < -0.4 is 5.69 Å². The minimum Gasteiger partial charge on any atom is -0.305 e. The fraction of sp³-hybridized carbons (Fsp3) is 0.0714. The molecule has 3 aromatic rings. The lowest BCUT2D eigenvalue weighted by molar-refractivity contribution is 0.626. The summed E-state index contributed by atoms with van der Waals surface area (Å²) in [5.41, 5.74) is 1.52. The van der Waals surface area contributed by atoms with Gasteiger partial charge in [-0.05, 0) is 17.7 Å². The third kappa shape index (κ3) is 1.72. The molecule has 0 aliphatic carbocycles. The Labute approximate surface area is 103 Å². The smallest absolute Gasteiger partial charge is 0.305 e. The van der Waals surface area contributed by atoms with E-state index in [1.807, 2.05) is 30.3 Å². The molecule has 3 rings (SSSR count). The van der Waals surface area contributed by atoms with Gasteiger partial charge in [0.25, 0.3) is 0 Å². The summed E-state index contributed by atoms with van der Waals surface area (Å²) in [4.78, 5) is 14.5. The van der Waals surface area contributed by atoms with Gasteiger partial charge in [0, 0.05) is 0 Å². The first-order valence-electron chi connectivity index (χ1n) is 5.66. The molecule has 0 bridgehead atoms. The highest BCUT2D eigenvalue weighted by atomic mass is 19.1. The monoisotopic (exact) mass is 242 g/mol. The Morgan fingerprint density at radius 2 is 1.83 bits per heavy atom. The number of imidazole rings is 1. The number of nitrogens with zero attached hydrogens (tertiary/aromatic N) is 1. The lowest BCUT2D eigenvalue weighted by atomic mass is 10.2. The van der Waals surface area contributed by atoms with Crippen LogP contribution in [0.2, 0.25) is 0 Å². The van der Waals surface area contributed by atoms with Crippen LogP contribution in [0.5, 0.6) is 0 Å². The summed E-state index contributed by atoms with van der Waals surface area (Å²) in [6, 6.07) is 14.1. The fourth-order valence-electron chi connectivity index (χ4n) is 2.09. The average Bonchev–Trinajstić information content (AvgIpc) is 2.69. The van der Waals surface area contributed by atoms with Crippen LogP contribution in [0, 0.1) is 5.82 Å². The number of hydrogen-bond acceptors (Lipinski definition) is 1. The number of rotatable bonds is 2. The second-order valence-electron chi connectivity index (χ2n) is 4.14. The second-order valence-corrected chi connectivity index (χ2v) is 4.14. The summed E-state index contributed by atoms with van der Waals surface area (Å²) in [5.74, 6) is -0.387. The van der Waals surface area contributed by atoms with Crippen LogP contribution in [0.3, 0.4) is 0 Å². The molecule has 0 atom stereocenters. The Balaban J connectivity index is 2.17. The predicted octanol–water partition coefficient (Wildman–Crippen LogP) is 2.52. The molecule has 0 unspecified atom stereocenters. The molecule has 0 spiro atoms. The summed E-state index contributed by atoms with van der Waals surface area (Å²) >= 11 is 0. The number of fused-ring (bicyclic) bond motifs is 1. The van der Waals surface area contributed by atoms with Gasteiger partial charge in [-0.2, -0.15) is 0 Å². The van der Waals surface area contributed by atoms with Gasteiger partial charge in [-0.1, -0.05) is 36.4 Å². The van der Waals surface area contributed by atoms with Gasteiger partial charge in [-0.15, -0.1) is 0 Å². The van der Waals surface area contributed by atoms with Crippen molar-refractivity contribution in [3.63, 3.8) is 0 Å². The van der Waals surface area contributed by atoms with Crippen LogP contribution in [0.15, 0.2) is 53.3 Å². The SMILES string of the molecule is O=c1[nH]c2cccc(F)c2n1Cc1ccccc1. The molecule has 2 aromatic carbocycles. The number of benzene rings is 2. The maximum atomic E-state index is 13.8. The van der Waals surface area contributed by atoms with Gasteiger partial charge in [0.05, 0.1) is 12.1 Å². The lowest BCUT2D eigenvalue weighted by Crippen LogP contribution is -2.17. The first-order chi connectivity index (χ1) is 8.75. The van der Waals surface area contributed by atoms with Crippen molar-refractivity contribution in [1.29, 1.82) is 0 Å². The van der Waals surface area contributed by atoms with Gasteiger partial charge in [0.1, 0.15) is 11.3 Å². The minimum atomic E-state index is -0.387. The van der Waals surface area contributed by atoms with Crippen LogP contribution in [-0.2, 0) is 6.54 Å². The summed E-state index contributed by atoms with van der Waals surface area (Å²) in [5, 5.41) is 0. The lowest BCUT2D eigenvalue weighted by Gasteiger charge is -2.03. The van der Waals surface area contributed by atoms with E-state index in [0.717, 1.165) is 5.56 Å². The number of para-hydroxylation sites is 1. The van der Waals surface area contributed by atoms with Gasteiger partial charge in [0.2, 0.25) is 0 Å². The maximum Gasteiger partial charge on any atom is 0.326 e. The van der Waals surface area contributed by atoms with E-state index in [1.165, 1.54) is 10.6 Å². The summed E-state index contributed by atoms with van der Waals surface area (Å²) < 4.78 is 15.2. The summed E-state index contributed by atoms with van der Waals surface area (Å²) in [7, 11) is 0. The molecule has 18 heavy (non-hydrogen) atoms. The van der Waals surface area contributed by atoms with Crippen LogP contribution in [-0.4, -0.2) is 9.55 Å². The maximum absolute atomic E-state index is 13.8. The number of nitrogens with one attached hydrogen (secondary N) is 1. The van der Waals surface area contributed by atoms with Gasteiger partial charge < -0.3 is 4.98 Å². The van der Waals surface area contributed by atoms with Crippen LogP contribution in [0.4, 0.5) is 4.39 Å². The topological polar surface area (TPSA) is 37.8 Å².